The first-order chi connectivity index (χ1) is 14.2. The second-order valence-corrected chi connectivity index (χ2v) is 8.80. The minimum atomic E-state index is 0.729. The number of hydrogen-bond acceptors (Lipinski definition) is 3. The molecule has 1 aromatic carbocycles. The molecule has 0 unspecified atom stereocenters. The van der Waals surface area contributed by atoms with Gasteiger partial charge >= 0.3 is 0 Å². The maximum Gasteiger partial charge on any atom is 0.159 e. The molecule has 3 nitrogen and oxygen atoms in total. The van der Waals surface area contributed by atoms with E-state index in [2.05, 4.69) is 48.9 Å². The van der Waals surface area contributed by atoms with Crippen LogP contribution < -0.4 is 4.74 Å². The van der Waals surface area contributed by atoms with Crippen molar-refractivity contribution in [1.29, 1.82) is 0 Å². The molecule has 0 atom stereocenters. The molecule has 1 aromatic heterocycles. The van der Waals surface area contributed by atoms with E-state index < -0.39 is 0 Å². The van der Waals surface area contributed by atoms with Crippen LogP contribution in [0, 0.1) is 18.8 Å². The van der Waals surface area contributed by atoms with E-state index in [-0.39, 0.29) is 0 Å². The van der Waals surface area contributed by atoms with Gasteiger partial charge in [-0.25, -0.2) is 9.97 Å². The zero-order valence-electron chi connectivity index (χ0n) is 18.6. The number of aryl methyl sites for hydroxylation is 2. The molecule has 1 aliphatic rings. The predicted octanol–water partition coefficient (Wildman–Crippen LogP) is 7.17. The van der Waals surface area contributed by atoms with Gasteiger partial charge in [0, 0.05) is 5.56 Å². The Morgan fingerprint density at radius 3 is 2.24 bits per heavy atom. The molecule has 3 rings (SSSR count). The molecule has 158 valence electrons. The van der Waals surface area contributed by atoms with Crippen LogP contribution in [0.2, 0.25) is 0 Å². The second-order valence-electron chi connectivity index (χ2n) is 8.80. The molecule has 0 aliphatic heterocycles. The lowest BCUT2D eigenvalue weighted by Gasteiger charge is -2.28. The topological polar surface area (TPSA) is 35.0 Å². The third-order valence-corrected chi connectivity index (χ3v) is 6.48. The van der Waals surface area contributed by atoms with E-state index in [1.54, 1.807) is 12.4 Å². The van der Waals surface area contributed by atoms with Gasteiger partial charge in [-0.3, -0.25) is 0 Å². The highest BCUT2D eigenvalue weighted by molar-refractivity contribution is 5.57. The monoisotopic (exact) mass is 394 g/mol. The van der Waals surface area contributed by atoms with Crippen molar-refractivity contribution >= 4 is 0 Å². The van der Waals surface area contributed by atoms with E-state index in [1.165, 1.54) is 62.5 Å². The molecule has 3 heteroatoms. The van der Waals surface area contributed by atoms with Gasteiger partial charge in [-0.15, -0.1) is 0 Å². The van der Waals surface area contributed by atoms with Gasteiger partial charge in [0.2, 0.25) is 0 Å². The Bertz CT molecular complexity index is 733. The van der Waals surface area contributed by atoms with Crippen LogP contribution in [0.25, 0.3) is 11.4 Å². The molecular formula is C26H38N2O. The molecule has 1 heterocycles. The number of hydrogen-bond donors (Lipinski definition) is 0. The number of unbranched alkanes of at least 4 members (excludes halogenated alkanes) is 1. The highest BCUT2D eigenvalue weighted by atomic mass is 16.5. The fourth-order valence-electron chi connectivity index (χ4n) is 4.57. The number of nitrogens with zero attached hydrogens (tertiary/aromatic N) is 2. The molecule has 0 spiro atoms. The minimum Gasteiger partial charge on any atom is -0.490 e. The molecule has 1 fully saturated rings. The first-order valence-corrected chi connectivity index (χ1v) is 11.7. The Morgan fingerprint density at radius 1 is 0.931 bits per heavy atom. The average molecular weight is 395 g/mol. The summed E-state index contributed by atoms with van der Waals surface area (Å²) in [6.07, 6.45) is 16.8. The first kappa shape index (κ1) is 21.8. The predicted molar refractivity (Wildman–Crippen MR) is 121 cm³/mol. The summed E-state index contributed by atoms with van der Waals surface area (Å²) < 4.78 is 5.66. The van der Waals surface area contributed by atoms with E-state index in [1.807, 2.05) is 0 Å². The maximum atomic E-state index is 5.66. The summed E-state index contributed by atoms with van der Waals surface area (Å²) in [6, 6.07) is 6.69. The van der Waals surface area contributed by atoms with Gasteiger partial charge in [0.05, 0.1) is 19.0 Å². The lowest BCUT2D eigenvalue weighted by atomic mass is 9.78. The highest BCUT2D eigenvalue weighted by Crippen LogP contribution is 2.34. The standard InChI is InChI=1S/C26H38N2O/c1-4-6-16-29-25-18-27-26(28-19-25)24-15-14-23(20(3)17-24)13-12-22-10-8-21(7-5-2)9-11-22/h14-15,17-19,21-22H,4-13,16H2,1-3H3. The summed E-state index contributed by atoms with van der Waals surface area (Å²) in [6.45, 7) is 7.43. The summed E-state index contributed by atoms with van der Waals surface area (Å²) in [7, 11) is 0. The van der Waals surface area contributed by atoms with Crippen molar-refractivity contribution in [3.05, 3.63) is 41.7 Å². The van der Waals surface area contributed by atoms with E-state index in [0.717, 1.165) is 48.4 Å². The summed E-state index contributed by atoms with van der Waals surface area (Å²) in [4.78, 5) is 9.01. The third-order valence-electron chi connectivity index (χ3n) is 6.48. The van der Waals surface area contributed by atoms with Crippen LogP contribution in [-0.4, -0.2) is 16.6 Å². The SMILES string of the molecule is CCCCOc1cnc(-c2ccc(CCC3CCC(CCC)CC3)c(C)c2)nc1. The largest absolute Gasteiger partial charge is 0.490 e. The molecule has 2 aromatic rings. The van der Waals surface area contributed by atoms with Crippen molar-refractivity contribution in [3.63, 3.8) is 0 Å². The van der Waals surface area contributed by atoms with E-state index in [0.29, 0.717) is 0 Å². The first-order valence-electron chi connectivity index (χ1n) is 11.7. The second kappa shape index (κ2) is 11.3. The summed E-state index contributed by atoms with van der Waals surface area (Å²) >= 11 is 0. The van der Waals surface area contributed by atoms with Gasteiger partial charge in [-0.1, -0.05) is 70.9 Å². The summed E-state index contributed by atoms with van der Waals surface area (Å²) in [5, 5.41) is 0. The highest BCUT2D eigenvalue weighted by Gasteiger charge is 2.20. The van der Waals surface area contributed by atoms with Crippen molar-refractivity contribution in [1.82, 2.24) is 9.97 Å². The van der Waals surface area contributed by atoms with Gasteiger partial charge < -0.3 is 4.74 Å². The van der Waals surface area contributed by atoms with Crippen LogP contribution in [0.5, 0.6) is 5.75 Å². The molecular weight excluding hydrogens is 356 g/mol. The quantitative estimate of drug-likeness (QED) is 0.401. The van der Waals surface area contributed by atoms with Crippen molar-refractivity contribution in [3.8, 4) is 17.1 Å². The van der Waals surface area contributed by atoms with Crippen molar-refractivity contribution < 1.29 is 4.74 Å². The Hall–Kier alpha value is -1.90. The van der Waals surface area contributed by atoms with Crippen LogP contribution >= 0.6 is 0 Å². The smallest absolute Gasteiger partial charge is 0.159 e. The van der Waals surface area contributed by atoms with Gasteiger partial charge in [-0.2, -0.15) is 0 Å². The van der Waals surface area contributed by atoms with Gasteiger partial charge in [-0.05, 0) is 55.2 Å². The van der Waals surface area contributed by atoms with Crippen molar-refractivity contribution in [2.24, 2.45) is 11.8 Å². The van der Waals surface area contributed by atoms with Crippen LogP contribution in [0.3, 0.4) is 0 Å². The van der Waals surface area contributed by atoms with Crippen LogP contribution in [-0.2, 0) is 6.42 Å². The molecule has 29 heavy (non-hydrogen) atoms. The average Bonchev–Trinajstić information content (AvgIpc) is 2.75. The fraction of sp³-hybridized carbons (Fsp3) is 0.615. The molecule has 0 radical (unpaired) electrons. The van der Waals surface area contributed by atoms with Crippen molar-refractivity contribution in [2.45, 2.75) is 85.0 Å². The molecule has 1 saturated carbocycles. The molecule has 0 N–H and O–H groups in total. The lowest BCUT2D eigenvalue weighted by Crippen LogP contribution is -2.15. The minimum absolute atomic E-state index is 0.729. The third kappa shape index (κ3) is 6.55. The zero-order chi connectivity index (χ0) is 20.5. The fourth-order valence-corrected chi connectivity index (χ4v) is 4.57. The normalized spacial score (nSPS) is 19.3. The van der Waals surface area contributed by atoms with E-state index in [9.17, 15) is 0 Å². The number of aromatic nitrogens is 2. The van der Waals surface area contributed by atoms with Crippen LogP contribution in [0.4, 0.5) is 0 Å². The molecule has 0 bridgehead atoms. The van der Waals surface area contributed by atoms with Crippen LogP contribution in [0.15, 0.2) is 30.6 Å². The van der Waals surface area contributed by atoms with Gasteiger partial charge in [0.15, 0.2) is 11.6 Å². The number of ether oxygens (including phenoxy) is 1. The maximum absolute atomic E-state index is 5.66. The van der Waals surface area contributed by atoms with E-state index >= 15 is 0 Å². The molecule has 0 amide bonds. The van der Waals surface area contributed by atoms with E-state index in [4.69, 9.17) is 4.74 Å². The molecule has 0 saturated heterocycles. The Kier molecular flexibility index (Phi) is 8.52. The molecule has 1 aliphatic carbocycles. The number of rotatable bonds is 10. The summed E-state index contributed by atoms with van der Waals surface area (Å²) in [5.74, 6) is 3.45. The van der Waals surface area contributed by atoms with Crippen molar-refractivity contribution in [2.75, 3.05) is 6.61 Å². The Morgan fingerprint density at radius 2 is 1.62 bits per heavy atom. The zero-order valence-corrected chi connectivity index (χ0v) is 18.6. The van der Waals surface area contributed by atoms with Crippen LogP contribution in [0.1, 0.15) is 82.8 Å². The van der Waals surface area contributed by atoms with Gasteiger partial charge in [0.25, 0.3) is 0 Å². The number of benzene rings is 1. The van der Waals surface area contributed by atoms with Gasteiger partial charge in [0.1, 0.15) is 0 Å². The lowest BCUT2D eigenvalue weighted by molar-refractivity contribution is 0.252. The Balaban J connectivity index is 1.52. The Labute approximate surface area is 177 Å². The summed E-state index contributed by atoms with van der Waals surface area (Å²) in [5.41, 5.74) is 3.92.